The van der Waals surface area contributed by atoms with E-state index >= 15 is 0 Å². The van der Waals surface area contributed by atoms with Crippen LogP contribution in [-0.2, 0) is 10.2 Å². The Morgan fingerprint density at radius 3 is 2.68 bits per heavy atom. The zero-order chi connectivity index (χ0) is 14.3. The van der Waals surface area contributed by atoms with Crippen molar-refractivity contribution in [3.63, 3.8) is 0 Å². The van der Waals surface area contributed by atoms with Crippen LogP contribution >= 0.6 is 11.8 Å². The minimum Gasteiger partial charge on any atom is -0.378 e. The summed E-state index contributed by atoms with van der Waals surface area (Å²) in [7, 11) is 0. The van der Waals surface area contributed by atoms with E-state index in [1.54, 1.807) is 13.8 Å². The van der Waals surface area contributed by atoms with Gasteiger partial charge in [0, 0.05) is 16.9 Å². The first-order valence-electron chi connectivity index (χ1n) is 6.28. The zero-order valence-corrected chi connectivity index (χ0v) is 12.5. The molecule has 1 aromatic rings. The molecule has 0 unspecified atom stereocenters. The fourth-order valence-corrected chi connectivity index (χ4v) is 3.33. The van der Waals surface area contributed by atoms with E-state index in [-0.39, 0.29) is 10.5 Å². The molecule has 3 heteroatoms. The van der Waals surface area contributed by atoms with E-state index in [1.165, 1.54) is 17.3 Å². The highest BCUT2D eigenvalue weighted by Gasteiger charge is 2.32. The van der Waals surface area contributed by atoms with Gasteiger partial charge in [-0.2, -0.15) is 0 Å². The van der Waals surface area contributed by atoms with E-state index in [4.69, 9.17) is 0 Å². The summed E-state index contributed by atoms with van der Waals surface area (Å²) in [5.74, 6) is 5.80. The smallest absolute Gasteiger partial charge is 0.194 e. The van der Waals surface area contributed by atoms with Gasteiger partial charge in [0.15, 0.2) is 5.12 Å². The highest BCUT2D eigenvalue weighted by Crippen LogP contribution is 2.42. The fourth-order valence-electron chi connectivity index (χ4n) is 2.07. The van der Waals surface area contributed by atoms with Crippen molar-refractivity contribution >= 4 is 16.9 Å². The van der Waals surface area contributed by atoms with Gasteiger partial charge in [0.1, 0.15) is 5.60 Å². The third-order valence-corrected chi connectivity index (χ3v) is 3.98. The van der Waals surface area contributed by atoms with Crippen molar-refractivity contribution in [1.82, 2.24) is 0 Å². The van der Waals surface area contributed by atoms with Crippen LogP contribution in [0.1, 0.15) is 45.2 Å². The Morgan fingerprint density at radius 2 is 2.05 bits per heavy atom. The van der Waals surface area contributed by atoms with Gasteiger partial charge in [-0.25, -0.2) is 0 Å². The largest absolute Gasteiger partial charge is 0.378 e. The average molecular weight is 274 g/mol. The summed E-state index contributed by atoms with van der Waals surface area (Å²) >= 11 is 1.31. The van der Waals surface area contributed by atoms with Gasteiger partial charge in [0.2, 0.25) is 0 Å². The number of hydrogen-bond acceptors (Lipinski definition) is 3. The molecule has 1 aliphatic rings. The topological polar surface area (TPSA) is 37.3 Å². The molecule has 100 valence electrons. The highest BCUT2D eigenvalue weighted by atomic mass is 32.2. The normalized spacial score (nSPS) is 17.4. The molecule has 1 aliphatic heterocycles. The van der Waals surface area contributed by atoms with E-state index in [9.17, 15) is 9.90 Å². The Hall–Kier alpha value is -1.24. The number of thioether (sulfide) groups is 1. The van der Waals surface area contributed by atoms with Gasteiger partial charge in [-0.1, -0.05) is 37.5 Å². The lowest BCUT2D eigenvalue weighted by atomic mass is 9.81. The Kier molecular flexibility index (Phi) is 3.51. The third kappa shape index (κ3) is 3.40. The Labute approximate surface area is 118 Å². The molecular formula is C16H18O2S. The number of hydrogen-bond donors (Lipinski definition) is 1. The Bertz CT molecular complexity index is 583. The van der Waals surface area contributed by atoms with Crippen molar-refractivity contribution in [2.75, 3.05) is 0 Å². The summed E-state index contributed by atoms with van der Waals surface area (Å²) in [6.45, 7) is 7.49. The first kappa shape index (κ1) is 14.2. The van der Waals surface area contributed by atoms with Crippen LogP contribution < -0.4 is 0 Å². The summed E-state index contributed by atoms with van der Waals surface area (Å²) < 4.78 is 0. The molecule has 0 aromatic heterocycles. The van der Waals surface area contributed by atoms with Gasteiger partial charge in [-0.05, 0) is 43.0 Å². The summed E-state index contributed by atoms with van der Waals surface area (Å²) in [6.07, 6.45) is 0.549. The third-order valence-electron chi connectivity index (χ3n) is 3.03. The van der Waals surface area contributed by atoms with Gasteiger partial charge < -0.3 is 5.11 Å². The van der Waals surface area contributed by atoms with Crippen molar-refractivity contribution in [2.45, 2.75) is 50.0 Å². The molecule has 19 heavy (non-hydrogen) atoms. The van der Waals surface area contributed by atoms with Gasteiger partial charge in [0.05, 0.1) is 0 Å². The van der Waals surface area contributed by atoms with Crippen LogP contribution in [0.5, 0.6) is 0 Å². The lowest BCUT2D eigenvalue weighted by molar-refractivity contribution is -0.112. The summed E-state index contributed by atoms with van der Waals surface area (Å²) in [5, 5.41) is 9.85. The van der Waals surface area contributed by atoms with Crippen LogP contribution in [-0.4, -0.2) is 15.8 Å². The second-order valence-corrected chi connectivity index (χ2v) is 7.15. The molecule has 0 aliphatic carbocycles. The number of carbonyl (C=O) groups excluding carboxylic acids is 1. The van der Waals surface area contributed by atoms with E-state index in [0.717, 1.165) is 10.5 Å². The predicted molar refractivity (Wildman–Crippen MR) is 78.1 cm³/mol. The SMILES string of the molecule is CC(C)(O)C#Cc1ccc2c(c1)C(C)(C)CC(=O)S2. The zero-order valence-electron chi connectivity index (χ0n) is 11.7. The van der Waals surface area contributed by atoms with Crippen molar-refractivity contribution < 1.29 is 9.90 Å². The second kappa shape index (κ2) is 4.70. The lowest BCUT2D eigenvalue weighted by Gasteiger charge is -2.30. The lowest BCUT2D eigenvalue weighted by Crippen LogP contribution is -2.25. The maximum Gasteiger partial charge on any atom is 0.194 e. The summed E-state index contributed by atoms with van der Waals surface area (Å²) in [4.78, 5) is 12.7. The van der Waals surface area contributed by atoms with Crippen molar-refractivity contribution in [1.29, 1.82) is 0 Å². The minimum absolute atomic E-state index is 0.149. The Morgan fingerprint density at radius 1 is 1.37 bits per heavy atom. The standard InChI is InChI=1S/C16H18O2S/c1-15(2)10-14(17)19-13-6-5-11(9-12(13)15)7-8-16(3,4)18/h5-6,9,18H,10H2,1-4H3. The van der Waals surface area contributed by atoms with Gasteiger partial charge in [0.25, 0.3) is 0 Å². The van der Waals surface area contributed by atoms with E-state index in [2.05, 4.69) is 25.7 Å². The molecule has 1 heterocycles. The molecular weight excluding hydrogens is 256 g/mol. The number of benzene rings is 1. The van der Waals surface area contributed by atoms with E-state index < -0.39 is 5.60 Å². The first-order valence-corrected chi connectivity index (χ1v) is 7.10. The van der Waals surface area contributed by atoms with Crippen molar-refractivity contribution in [2.24, 2.45) is 0 Å². The summed E-state index contributed by atoms with van der Waals surface area (Å²) in [6, 6.07) is 5.89. The Balaban J connectivity index is 2.43. The molecule has 0 saturated carbocycles. The van der Waals surface area contributed by atoms with E-state index in [1.807, 2.05) is 18.2 Å². The van der Waals surface area contributed by atoms with Crippen LogP contribution in [0.4, 0.5) is 0 Å². The molecule has 0 amide bonds. The summed E-state index contributed by atoms with van der Waals surface area (Å²) in [5.41, 5.74) is 0.906. The fraction of sp³-hybridized carbons (Fsp3) is 0.438. The molecule has 0 atom stereocenters. The van der Waals surface area contributed by atoms with Gasteiger partial charge >= 0.3 is 0 Å². The number of carbonyl (C=O) groups is 1. The highest BCUT2D eigenvalue weighted by molar-refractivity contribution is 8.13. The van der Waals surface area contributed by atoms with Crippen LogP contribution in [0.2, 0.25) is 0 Å². The molecule has 0 radical (unpaired) electrons. The molecule has 1 aromatic carbocycles. The number of fused-ring (bicyclic) bond motifs is 1. The number of rotatable bonds is 0. The quantitative estimate of drug-likeness (QED) is 0.739. The minimum atomic E-state index is -0.990. The molecule has 0 fully saturated rings. The van der Waals surface area contributed by atoms with Crippen LogP contribution in [0.15, 0.2) is 23.1 Å². The molecule has 0 saturated heterocycles. The number of aliphatic hydroxyl groups is 1. The first-order chi connectivity index (χ1) is 8.67. The molecule has 0 spiro atoms. The van der Waals surface area contributed by atoms with Crippen LogP contribution in [0.25, 0.3) is 0 Å². The molecule has 2 rings (SSSR count). The van der Waals surface area contributed by atoms with E-state index in [0.29, 0.717) is 6.42 Å². The van der Waals surface area contributed by atoms with Gasteiger partial charge in [-0.15, -0.1) is 0 Å². The second-order valence-electron chi connectivity index (χ2n) is 6.05. The predicted octanol–water partition coefficient (Wildman–Crippen LogP) is 3.11. The molecule has 2 nitrogen and oxygen atoms in total. The van der Waals surface area contributed by atoms with Crippen LogP contribution in [0.3, 0.4) is 0 Å². The maximum absolute atomic E-state index is 11.7. The van der Waals surface area contributed by atoms with Crippen molar-refractivity contribution in [3.05, 3.63) is 29.3 Å². The van der Waals surface area contributed by atoms with Crippen molar-refractivity contribution in [3.8, 4) is 11.8 Å². The average Bonchev–Trinajstić information content (AvgIpc) is 2.24. The van der Waals surface area contributed by atoms with Crippen LogP contribution in [0, 0.1) is 11.8 Å². The maximum atomic E-state index is 11.7. The molecule has 0 bridgehead atoms. The van der Waals surface area contributed by atoms with Gasteiger partial charge in [-0.3, -0.25) is 4.79 Å². The molecule has 1 N–H and O–H groups in total. The monoisotopic (exact) mass is 274 g/mol.